The molecule has 2 heterocycles. The number of hydrogen-bond donors (Lipinski definition) is 1. The molecule has 0 radical (unpaired) electrons. The third-order valence-electron chi connectivity index (χ3n) is 6.02. The first-order valence-corrected chi connectivity index (χ1v) is 10.6. The first-order valence-electron chi connectivity index (χ1n) is 10.6. The van der Waals surface area contributed by atoms with Gasteiger partial charge in [-0.05, 0) is 43.0 Å². The smallest absolute Gasteiger partial charge is 0.217 e. The largest absolute Gasteiger partial charge is 0.347 e. The minimum absolute atomic E-state index is 0.0713. The van der Waals surface area contributed by atoms with Crippen LogP contribution < -0.4 is 5.32 Å². The van der Waals surface area contributed by atoms with Gasteiger partial charge in [0.1, 0.15) is 5.82 Å². The molecule has 4 rings (SSSR count). The van der Waals surface area contributed by atoms with Gasteiger partial charge >= 0.3 is 0 Å². The summed E-state index contributed by atoms with van der Waals surface area (Å²) in [5.74, 6) is 0.396. The van der Waals surface area contributed by atoms with E-state index in [-0.39, 0.29) is 11.7 Å². The summed E-state index contributed by atoms with van der Waals surface area (Å²) in [6, 6.07) is 14.6. The zero-order valence-electron chi connectivity index (χ0n) is 17.9. The molecule has 1 saturated heterocycles. The van der Waals surface area contributed by atoms with Crippen LogP contribution >= 0.6 is 0 Å². The number of nitrogens with zero attached hydrogens (tertiary/aromatic N) is 3. The van der Waals surface area contributed by atoms with Crippen LogP contribution in [0.1, 0.15) is 36.5 Å². The Bertz CT molecular complexity index is 1040. The van der Waals surface area contributed by atoms with E-state index in [1.807, 2.05) is 30.6 Å². The average molecular weight is 419 g/mol. The van der Waals surface area contributed by atoms with Gasteiger partial charge in [-0.15, -0.1) is 0 Å². The lowest BCUT2D eigenvalue weighted by Crippen LogP contribution is -2.52. The van der Waals surface area contributed by atoms with Gasteiger partial charge in [0, 0.05) is 50.1 Å². The number of amides is 1. The van der Waals surface area contributed by atoms with Crippen molar-refractivity contribution in [2.45, 2.75) is 38.8 Å². The molecule has 0 spiro atoms. The average Bonchev–Trinajstić information content (AvgIpc) is 2.76. The van der Waals surface area contributed by atoms with Crippen molar-refractivity contribution < 1.29 is 9.18 Å². The Balaban J connectivity index is 1.43. The van der Waals surface area contributed by atoms with Gasteiger partial charge in [-0.3, -0.25) is 9.69 Å². The van der Waals surface area contributed by atoms with E-state index in [2.05, 4.69) is 33.2 Å². The lowest BCUT2D eigenvalue weighted by molar-refractivity contribution is -0.121. The summed E-state index contributed by atoms with van der Waals surface area (Å²) in [4.78, 5) is 23.4. The molecule has 1 amide bonds. The Morgan fingerprint density at radius 3 is 2.32 bits per heavy atom. The molecule has 0 aliphatic carbocycles. The molecular formula is C25H27FN4O. The van der Waals surface area contributed by atoms with Crippen molar-refractivity contribution >= 4 is 5.91 Å². The summed E-state index contributed by atoms with van der Waals surface area (Å²) in [6.07, 6.45) is 5.32. The number of likely N-dealkylation sites (tertiary alicyclic amines) is 1. The van der Waals surface area contributed by atoms with Crippen LogP contribution in [0.25, 0.3) is 11.4 Å². The van der Waals surface area contributed by atoms with E-state index in [1.165, 1.54) is 19.1 Å². The fourth-order valence-corrected chi connectivity index (χ4v) is 4.34. The van der Waals surface area contributed by atoms with E-state index in [0.717, 1.165) is 60.6 Å². The maximum atomic E-state index is 13.4. The van der Waals surface area contributed by atoms with Crippen LogP contribution in [0.5, 0.6) is 0 Å². The summed E-state index contributed by atoms with van der Waals surface area (Å²) in [6.45, 7) is 5.98. The van der Waals surface area contributed by atoms with Gasteiger partial charge < -0.3 is 5.32 Å². The Morgan fingerprint density at radius 2 is 1.71 bits per heavy atom. The zero-order valence-corrected chi connectivity index (χ0v) is 17.9. The second-order valence-corrected chi connectivity index (χ2v) is 8.28. The van der Waals surface area contributed by atoms with Crippen molar-refractivity contribution in [1.82, 2.24) is 20.2 Å². The van der Waals surface area contributed by atoms with Crippen LogP contribution in [0.4, 0.5) is 4.39 Å². The number of halogens is 1. The maximum absolute atomic E-state index is 13.4. The molecule has 0 saturated carbocycles. The van der Waals surface area contributed by atoms with E-state index in [0.29, 0.717) is 0 Å². The Hall–Kier alpha value is -3.12. The van der Waals surface area contributed by atoms with Gasteiger partial charge in [0.05, 0.1) is 5.54 Å². The summed E-state index contributed by atoms with van der Waals surface area (Å²) >= 11 is 0. The second kappa shape index (κ2) is 8.94. The van der Waals surface area contributed by atoms with E-state index < -0.39 is 5.54 Å². The lowest BCUT2D eigenvalue weighted by Gasteiger charge is -2.42. The predicted octanol–water partition coefficient (Wildman–Crippen LogP) is 4.22. The third kappa shape index (κ3) is 4.80. The lowest BCUT2D eigenvalue weighted by atomic mass is 9.80. The van der Waals surface area contributed by atoms with Crippen LogP contribution in [0, 0.1) is 12.7 Å². The van der Waals surface area contributed by atoms with Crippen LogP contribution in [0.15, 0.2) is 60.9 Å². The first-order chi connectivity index (χ1) is 14.9. The van der Waals surface area contributed by atoms with Crippen LogP contribution in [-0.2, 0) is 16.9 Å². The highest BCUT2D eigenvalue weighted by Gasteiger charge is 2.37. The summed E-state index contributed by atoms with van der Waals surface area (Å²) < 4.78 is 13.4. The molecule has 5 nitrogen and oxygen atoms in total. The highest BCUT2D eigenvalue weighted by molar-refractivity contribution is 5.74. The van der Waals surface area contributed by atoms with E-state index >= 15 is 0 Å². The SMILES string of the molecule is CC(=O)NC1(c2ccc(F)cc2)CCN(Cc2cnc(-c3ccccc3C)nc2)CC1. The van der Waals surface area contributed by atoms with Crippen molar-refractivity contribution in [3.63, 3.8) is 0 Å². The number of carbonyl (C=O) groups is 1. The van der Waals surface area contributed by atoms with E-state index in [1.54, 1.807) is 12.1 Å². The molecule has 1 aliphatic rings. The third-order valence-corrected chi connectivity index (χ3v) is 6.02. The molecule has 6 heteroatoms. The van der Waals surface area contributed by atoms with Crippen LogP contribution in [0.3, 0.4) is 0 Å². The quantitative estimate of drug-likeness (QED) is 0.674. The van der Waals surface area contributed by atoms with Crippen LogP contribution in [0.2, 0.25) is 0 Å². The molecule has 1 aliphatic heterocycles. The minimum atomic E-state index is -0.457. The fourth-order valence-electron chi connectivity index (χ4n) is 4.34. The van der Waals surface area contributed by atoms with Crippen molar-refractivity contribution in [3.05, 3.63) is 83.4 Å². The molecule has 160 valence electrons. The molecule has 1 N–H and O–H groups in total. The predicted molar refractivity (Wildman–Crippen MR) is 119 cm³/mol. The molecule has 31 heavy (non-hydrogen) atoms. The fraction of sp³-hybridized carbons (Fsp3) is 0.320. The van der Waals surface area contributed by atoms with Gasteiger partial charge in [-0.1, -0.05) is 36.4 Å². The van der Waals surface area contributed by atoms with Gasteiger partial charge in [0.2, 0.25) is 5.91 Å². The number of piperidine rings is 1. The molecule has 0 atom stereocenters. The van der Waals surface area contributed by atoms with Crippen molar-refractivity contribution in [1.29, 1.82) is 0 Å². The van der Waals surface area contributed by atoms with Gasteiger partial charge in [0.25, 0.3) is 0 Å². The monoisotopic (exact) mass is 418 g/mol. The molecule has 0 bridgehead atoms. The molecular weight excluding hydrogens is 391 g/mol. The van der Waals surface area contributed by atoms with Gasteiger partial charge in [-0.25, -0.2) is 14.4 Å². The maximum Gasteiger partial charge on any atom is 0.217 e. The second-order valence-electron chi connectivity index (χ2n) is 8.28. The number of nitrogens with one attached hydrogen (secondary N) is 1. The van der Waals surface area contributed by atoms with Crippen molar-refractivity contribution in [2.75, 3.05) is 13.1 Å². The van der Waals surface area contributed by atoms with Gasteiger partial charge in [0.15, 0.2) is 5.82 Å². The number of aryl methyl sites for hydroxylation is 1. The topological polar surface area (TPSA) is 58.1 Å². The number of aromatic nitrogens is 2. The molecule has 2 aromatic carbocycles. The Morgan fingerprint density at radius 1 is 1.06 bits per heavy atom. The number of carbonyl (C=O) groups excluding carboxylic acids is 1. The standard InChI is InChI=1S/C25H27FN4O/c1-18-5-3-4-6-23(18)24-27-15-20(16-28-24)17-30-13-11-25(12-14-30,29-19(2)31)21-7-9-22(26)10-8-21/h3-10,15-16H,11-14,17H2,1-2H3,(H,29,31). The summed E-state index contributed by atoms with van der Waals surface area (Å²) in [7, 11) is 0. The Kier molecular flexibility index (Phi) is 6.09. The van der Waals surface area contributed by atoms with Crippen molar-refractivity contribution in [3.8, 4) is 11.4 Å². The molecule has 0 unspecified atom stereocenters. The number of rotatable bonds is 5. The first kappa shape index (κ1) is 21.1. The Labute approximate surface area is 182 Å². The van der Waals surface area contributed by atoms with Crippen LogP contribution in [-0.4, -0.2) is 33.9 Å². The molecule has 1 aromatic heterocycles. The summed E-state index contributed by atoms with van der Waals surface area (Å²) in [5, 5.41) is 3.13. The minimum Gasteiger partial charge on any atom is -0.347 e. The number of hydrogen-bond acceptors (Lipinski definition) is 4. The van der Waals surface area contributed by atoms with Gasteiger partial charge in [-0.2, -0.15) is 0 Å². The molecule has 3 aromatic rings. The molecule has 1 fully saturated rings. The zero-order chi connectivity index (χ0) is 21.8. The highest BCUT2D eigenvalue weighted by Crippen LogP contribution is 2.33. The van der Waals surface area contributed by atoms with E-state index in [9.17, 15) is 9.18 Å². The summed E-state index contributed by atoms with van der Waals surface area (Å²) in [5.41, 5.74) is 3.76. The normalized spacial score (nSPS) is 16.1. The van der Waals surface area contributed by atoms with Crippen molar-refractivity contribution in [2.24, 2.45) is 0 Å². The number of benzene rings is 2. The highest BCUT2D eigenvalue weighted by atomic mass is 19.1. The van der Waals surface area contributed by atoms with E-state index in [4.69, 9.17) is 0 Å².